The van der Waals surface area contributed by atoms with Gasteiger partial charge in [-0.15, -0.1) is 8.93 Å². The highest BCUT2D eigenvalue weighted by molar-refractivity contribution is 8.60. The van der Waals surface area contributed by atoms with Crippen LogP contribution >= 0.6 is 33.3 Å². The zero-order valence-corrected chi connectivity index (χ0v) is 14.0. The number of fused-ring (bicyclic) bond motifs is 1. The lowest BCUT2D eigenvalue weighted by molar-refractivity contribution is 0.702. The molecule has 0 saturated carbocycles. The fraction of sp³-hybridized carbons (Fsp3) is 0.375. The second-order valence-corrected chi connectivity index (χ2v) is 12.5. The molecule has 2 rings (SSSR count). The predicted molar refractivity (Wildman–Crippen MR) is 82.3 cm³/mol. The van der Waals surface area contributed by atoms with Gasteiger partial charge in [-0.2, -0.15) is 10.2 Å². The molecule has 92 valence electrons. The van der Waals surface area contributed by atoms with E-state index < -0.39 is 7.45 Å². The lowest BCUT2D eigenvalue weighted by Crippen LogP contribution is -2.21. The first-order valence-electron chi connectivity index (χ1n) is 4.92. The highest BCUT2D eigenvalue weighted by Gasteiger charge is 2.18. The zero-order valence-electron chi connectivity index (χ0n) is 9.80. The van der Waals surface area contributed by atoms with Crippen molar-refractivity contribution in [2.75, 3.05) is 0 Å². The number of aromatic nitrogens is 4. The molecule has 17 heavy (non-hydrogen) atoms. The van der Waals surface area contributed by atoms with E-state index in [2.05, 4.69) is 28.1 Å². The van der Waals surface area contributed by atoms with E-state index in [1.54, 1.807) is 7.05 Å². The van der Waals surface area contributed by atoms with Crippen LogP contribution in [0.2, 0.25) is 0 Å². The topological polar surface area (TPSA) is 52.7 Å². The summed E-state index contributed by atoms with van der Waals surface area (Å²) in [6.45, 7) is 3.83. The lowest BCUT2D eigenvalue weighted by atomic mass is 10.2. The fourth-order valence-electron chi connectivity index (χ4n) is 1.82. The summed E-state index contributed by atoms with van der Waals surface area (Å²) < 4.78 is 3.24. The van der Waals surface area contributed by atoms with E-state index >= 15 is 0 Å². The lowest BCUT2D eigenvalue weighted by Gasteiger charge is -2.10. The van der Waals surface area contributed by atoms with Crippen molar-refractivity contribution in [1.82, 2.24) is 19.3 Å². The van der Waals surface area contributed by atoms with Crippen molar-refractivity contribution in [1.29, 1.82) is 0 Å². The number of aryl methyl sites for hydroxylation is 3. The highest BCUT2D eigenvalue weighted by Crippen LogP contribution is 2.66. The van der Waals surface area contributed by atoms with Crippen molar-refractivity contribution in [3.8, 4) is 0 Å². The molecular formula is C8H14N4OP4. The van der Waals surface area contributed by atoms with Crippen LogP contribution in [0.5, 0.6) is 0 Å². The van der Waals surface area contributed by atoms with Crippen LogP contribution in [0.25, 0.3) is 10.9 Å². The Morgan fingerprint density at radius 3 is 2.47 bits per heavy atom. The van der Waals surface area contributed by atoms with Gasteiger partial charge in [0.2, 0.25) is 0 Å². The second-order valence-electron chi connectivity index (χ2n) is 3.69. The third kappa shape index (κ3) is 2.20. The van der Waals surface area contributed by atoms with Crippen LogP contribution in [0.1, 0.15) is 11.4 Å². The van der Waals surface area contributed by atoms with Gasteiger partial charge in [0, 0.05) is 7.05 Å². The smallest absolute Gasteiger partial charge is 0.265 e. The summed E-state index contributed by atoms with van der Waals surface area (Å²) in [4.78, 5) is 12.2. The number of nitrogens with zero attached hydrogens (tertiary/aromatic N) is 4. The van der Waals surface area contributed by atoms with Gasteiger partial charge in [-0.05, 0) is 21.8 Å². The van der Waals surface area contributed by atoms with Gasteiger partial charge >= 0.3 is 0 Å². The summed E-state index contributed by atoms with van der Waals surface area (Å²) in [5, 5.41) is 9.59. The Labute approximate surface area is 106 Å². The average molecular weight is 306 g/mol. The van der Waals surface area contributed by atoms with Crippen LogP contribution in [0, 0.1) is 13.8 Å². The van der Waals surface area contributed by atoms with Crippen LogP contribution in [0.15, 0.2) is 4.79 Å². The molecular weight excluding hydrogens is 292 g/mol. The maximum Gasteiger partial charge on any atom is 0.293 e. The summed E-state index contributed by atoms with van der Waals surface area (Å²) in [5.74, 6) is 0. The molecule has 4 unspecified atom stereocenters. The van der Waals surface area contributed by atoms with Crippen LogP contribution in [-0.2, 0) is 7.05 Å². The number of rotatable bonds is 2. The molecule has 9 heteroatoms. The summed E-state index contributed by atoms with van der Waals surface area (Å²) in [6, 6.07) is 0. The Kier molecular flexibility index (Phi) is 3.96. The molecule has 2 heterocycles. The van der Waals surface area contributed by atoms with Crippen molar-refractivity contribution in [2.45, 2.75) is 13.8 Å². The highest BCUT2D eigenvalue weighted by atomic mass is 32.6. The molecule has 0 saturated heterocycles. The van der Waals surface area contributed by atoms with Crippen LogP contribution in [0.3, 0.4) is 0 Å². The molecule has 2 aromatic rings. The number of hydrogen-bond donors (Lipinski definition) is 0. The van der Waals surface area contributed by atoms with E-state index in [1.807, 2.05) is 18.3 Å². The molecule has 4 atom stereocenters. The minimum Gasteiger partial charge on any atom is -0.265 e. The first kappa shape index (κ1) is 13.5. The van der Waals surface area contributed by atoms with Crippen molar-refractivity contribution in [3.05, 3.63) is 21.7 Å². The molecule has 0 amide bonds. The molecule has 0 bridgehead atoms. The van der Waals surface area contributed by atoms with E-state index in [0.717, 1.165) is 16.8 Å². The van der Waals surface area contributed by atoms with Crippen molar-refractivity contribution in [2.24, 2.45) is 7.05 Å². The van der Waals surface area contributed by atoms with Gasteiger partial charge in [0.1, 0.15) is 5.52 Å². The van der Waals surface area contributed by atoms with Crippen molar-refractivity contribution in [3.63, 3.8) is 0 Å². The largest absolute Gasteiger partial charge is 0.293 e. The average Bonchev–Trinajstić information content (AvgIpc) is 2.63. The molecule has 0 aliphatic rings. The fourth-order valence-corrected chi connectivity index (χ4v) is 4.81. The van der Waals surface area contributed by atoms with Gasteiger partial charge in [0.25, 0.3) is 5.56 Å². The van der Waals surface area contributed by atoms with Gasteiger partial charge in [-0.1, -0.05) is 8.93 Å². The Morgan fingerprint density at radius 2 is 1.88 bits per heavy atom. The maximum absolute atomic E-state index is 12.2. The normalized spacial score (nSPS) is 13.9. The van der Waals surface area contributed by atoms with Gasteiger partial charge < -0.3 is 0 Å². The Morgan fingerprint density at radius 1 is 1.29 bits per heavy atom. The monoisotopic (exact) mass is 306 g/mol. The Bertz CT molecular complexity index is 634. The molecule has 0 fully saturated rings. The molecule has 0 N–H and O–H groups in total. The molecule has 2 aromatic heterocycles. The van der Waals surface area contributed by atoms with Gasteiger partial charge in [0.15, 0.2) is 0 Å². The van der Waals surface area contributed by atoms with E-state index in [-0.39, 0.29) is 5.56 Å². The van der Waals surface area contributed by atoms with Crippen molar-refractivity contribution >= 4 is 44.2 Å². The minimum absolute atomic E-state index is 0.0793. The maximum atomic E-state index is 12.2. The molecule has 5 nitrogen and oxygen atoms in total. The third-order valence-corrected chi connectivity index (χ3v) is 11.9. The summed E-state index contributed by atoms with van der Waals surface area (Å²) in [5.41, 5.74) is 2.32. The van der Waals surface area contributed by atoms with E-state index in [4.69, 9.17) is 0 Å². The first-order valence-corrected chi connectivity index (χ1v) is 11.5. The molecule has 0 radical (unpaired) electrons. The SMILES string of the molecule is Cc1nn(C)c(=O)c2c1c(C)nn2P(P)PP. The zero-order chi connectivity index (χ0) is 12.7. The summed E-state index contributed by atoms with van der Waals surface area (Å²) in [6.07, 6.45) is 0. The van der Waals surface area contributed by atoms with Gasteiger partial charge in [-0.3, -0.25) is 4.79 Å². The second kappa shape index (κ2) is 4.98. The van der Waals surface area contributed by atoms with Crippen LogP contribution in [0.4, 0.5) is 0 Å². The van der Waals surface area contributed by atoms with E-state index in [0.29, 0.717) is 13.5 Å². The Hall–Kier alpha value is 0.0700. The molecule has 0 spiro atoms. The molecule has 0 aliphatic carbocycles. The molecule has 0 aromatic carbocycles. The summed E-state index contributed by atoms with van der Waals surface area (Å²) >= 11 is 0. The molecule has 0 aliphatic heterocycles. The van der Waals surface area contributed by atoms with Gasteiger partial charge in [0.05, 0.1) is 24.2 Å². The minimum atomic E-state index is -0.522. The third-order valence-electron chi connectivity index (χ3n) is 2.54. The summed E-state index contributed by atoms with van der Waals surface area (Å²) in [7, 11) is 7.30. The predicted octanol–water partition coefficient (Wildman–Crippen LogP) is 2.17. The van der Waals surface area contributed by atoms with Crippen LogP contribution in [-0.4, -0.2) is 19.3 Å². The Balaban J connectivity index is 2.94. The van der Waals surface area contributed by atoms with Crippen molar-refractivity contribution < 1.29 is 0 Å². The van der Waals surface area contributed by atoms with E-state index in [1.165, 1.54) is 4.68 Å². The van der Waals surface area contributed by atoms with Crippen LogP contribution < -0.4 is 5.56 Å². The number of hydrogen-bond acceptors (Lipinski definition) is 3. The quantitative estimate of drug-likeness (QED) is 0.799. The first-order chi connectivity index (χ1) is 7.97. The standard InChI is InChI=1S/C8H14N4OP4/c1-4-6-5(2)10-12(17(15)16-14)7(6)8(13)11(3)9-4/h16H,14-15H2,1-3H3. The van der Waals surface area contributed by atoms with Gasteiger partial charge in [-0.25, -0.2) is 9.13 Å². The van der Waals surface area contributed by atoms with E-state index in [9.17, 15) is 4.79 Å².